The molecule has 1 heterocycles. The topological polar surface area (TPSA) is 33.2 Å². The highest BCUT2D eigenvalue weighted by molar-refractivity contribution is 9.10. The summed E-state index contributed by atoms with van der Waals surface area (Å²) in [5.41, 5.74) is 0.255. The van der Waals surface area contributed by atoms with Crippen LogP contribution >= 0.6 is 27.5 Å². The molecule has 0 saturated carbocycles. The average Bonchev–Trinajstić information content (AvgIpc) is 2.27. The van der Waals surface area contributed by atoms with Crippen molar-refractivity contribution < 1.29 is 13.6 Å². The van der Waals surface area contributed by atoms with E-state index in [1.807, 2.05) is 0 Å². The molecule has 0 bridgehead atoms. The van der Waals surface area contributed by atoms with Gasteiger partial charge in [0.25, 0.3) is 12.3 Å². The van der Waals surface area contributed by atoms with Gasteiger partial charge >= 0.3 is 0 Å². The Labute approximate surface area is 111 Å². The molecule has 1 aromatic rings. The fraction of sp³-hybridized carbons (Fsp3) is 0.400. The van der Waals surface area contributed by atoms with Crippen LogP contribution in [0.2, 0.25) is 0 Å². The summed E-state index contributed by atoms with van der Waals surface area (Å²) in [6.07, 6.45) is 0.262. The third-order valence-corrected chi connectivity index (χ3v) is 2.55. The van der Waals surface area contributed by atoms with E-state index in [9.17, 15) is 13.6 Å². The maximum Gasteiger partial charge on any atom is 0.255 e. The van der Waals surface area contributed by atoms with Crippen molar-refractivity contribution in [3.63, 3.8) is 0 Å². The number of pyridine rings is 1. The summed E-state index contributed by atoms with van der Waals surface area (Å²) in [5, 5.41) is 0. The second-order valence-electron chi connectivity index (χ2n) is 3.22. The third-order valence-electron chi connectivity index (χ3n) is 1.95. The molecule has 0 atom stereocenters. The van der Waals surface area contributed by atoms with E-state index in [0.717, 1.165) is 4.90 Å². The van der Waals surface area contributed by atoms with Crippen molar-refractivity contribution in [3.8, 4) is 0 Å². The number of aromatic nitrogens is 1. The number of carbonyl (C=O) groups excluding carboxylic acids is 1. The first kappa shape index (κ1) is 14.3. The first-order chi connectivity index (χ1) is 8.04. The Kier molecular flexibility index (Phi) is 5.77. The Morgan fingerprint density at radius 3 is 2.76 bits per heavy atom. The van der Waals surface area contributed by atoms with E-state index < -0.39 is 18.9 Å². The average molecular weight is 328 g/mol. The Bertz CT molecular complexity index is 392. The van der Waals surface area contributed by atoms with Gasteiger partial charge in [-0.15, -0.1) is 11.6 Å². The predicted molar refractivity (Wildman–Crippen MR) is 64.6 cm³/mol. The zero-order valence-corrected chi connectivity index (χ0v) is 11.1. The van der Waals surface area contributed by atoms with Gasteiger partial charge in [-0.25, -0.2) is 8.78 Å². The molecular weight excluding hydrogens is 317 g/mol. The molecule has 3 nitrogen and oxygen atoms in total. The van der Waals surface area contributed by atoms with Gasteiger partial charge in [0.2, 0.25) is 0 Å². The van der Waals surface area contributed by atoms with Crippen molar-refractivity contribution in [1.82, 2.24) is 9.88 Å². The van der Waals surface area contributed by atoms with Crippen LogP contribution in [0, 0.1) is 0 Å². The van der Waals surface area contributed by atoms with Crippen LogP contribution in [0.3, 0.4) is 0 Å². The van der Waals surface area contributed by atoms with Crippen molar-refractivity contribution in [1.29, 1.82) is 0 Å². The number of amides is 1. The minimum atomic E-state index is -2.58. The van der Waals surface area contributed by atoms with E-state index in [1.54, 1.807) is 0 Å². The van der Waals surface area contributed by atoms with Crippen LogP contribution in [-0.2, 0) is 0 Å². The molecule has 1 aromatic heterocycles. The lowest BCUT2D eigenvalue weighted by Gasteiger charge is -2.21. The number of rotatable bonds is 5. The van der Waals surface area contributed by atoms with Gasteiger partial charge in [-0.2, -0.15) is 0 Å². The molecule has 0 radical (unpaired) electrons. The number of alkyl halides is 3. The third kappa shape index (κ3) is 4.55. The summed E-state index contributed by atoms with van der Waals surface area (Å²) in [6, 6.07) is 1.53. The summed E-state index contributed by atoms with van der Waals surface area (Å²) < 4.78 is 25.2. The molecule has 17 heavy (non-hydrogen) atoms. The van der Waals surface area contributed by atoms with Crippen LogP contribution < -0.4 is 0 Å². The fourth-order valence-electron chi connectivity index (χ4n) is 1.26. The van der Waals surface area contributed by atoms with Crippen LogP contribution in [0.4, 0.5) is 8.78 Å². The molecule has 0 aliphatic heterocycles. The lowest BCUT2D eigenvalue weighted by Crippen LogP contribution is -2.36. The molecule has 94 valence electrons. The molecule has 0 aliphatic carbocycles. The molecular formula is C10H10BrClF2N2O. The number of carbonyl (C=O) groups is 1. The second kappa shape index (κ2) is 6.86. The van der Waals surface area contributed by atoms with Gasteiger partial charge in [0, 0.05) is 29.3 Å². The minimum absolute atomic E-state index is 0.0806. The molecule has 0 spiro atoms. The number of hydrogen-bond acceptors (Lipinski definition) is 2. The molecule has 0 unspecified atom stereocenters. The van der Waals surface area contributed by atoms with Crippen molar-refractivity contribution in [2.45, 2.75) is 6.43 Å². The highest BCUT2D eigenvalue weighted by Crippen LogP contribution is 2.12. The summed E-state index contributed by atoms with van der Waals surface area (Å²) in [4.78, 5) is 16.7. The fourth-order valence-corrected chi connectivity index (χ4v) is 1.82. The highest BCUT2D eigenvalue weighted by Gasteiger charge is 2.19. The smallest absolute Gasteiger partial charge is 0.255 e. The van der Waals surface area contributed by atoms with Gasteiger partial charge < -0.3 is 4.90 Å². The Hall–Kier alpha value is -0.750. The maximum absolute atomic E-state index is 12.3. The highest BCUT2D eigenvalue weighted by atomic mass is 79.9. The molecule has 0 N–H and O–H groups in total. The van der Waals surface area contributed by atoms with Gasteiger partial charge in [-0.1, -0.05) is 0 Å². The molecule has 0 aromatic carbocycles. The van der Waals surface area contributed by atoms with E-state index in [1.165, 1.54) is 18.5 Å². The molecule has 0 saturated heterocycles. The van der Waals surface area contributed by atoms with Gasteiger partial charge in [0.1, 0.15) is 0 Å². The Morgan fingerprint density at radius 1 is 1.53 bits per heavy atom. The van der Waals surface area contributed by atoms with E-state index >= 15 is 0 Å². The molecule has 0 fully saturated rings. The molecule has 1 rings (SSSR count). The van der Waals surface area contributed by atoms with Crippen molar-refractivity contribution >= 4 is 33.4 Å². The lowest BCUT2D eigenvalue weighted by atomic mass is 10.2. The summed E-state index contributed by atoms with van der Waals surface area (Å²) in [5.74, 6) is -0.389. The zero-order valence-electron chi connectivity index (χ0n) is 8.75. The molecule has 7 heteroatoms. The van der Waals surface area contributed by atoms with E-state index in [0.29, 0.717) is 4.47 Å². The predicted octanol–water partition coefficient (Wildman–Crippen LogP) is 2.79. The molecule has 1 amide bonds. The summed E-state index contributed by atoms with van der Waals surface area (Å²) >= 11 is 8.64. The van der Waals surface area contributed by atoms with Gasteiger partial charge in [-0.3, -0.25) is 9.78 Å². The van der Waals surface area contributed by atoms with Crippen LogP contribution in [0.5, 0.6) is 0 Å². The first-order valence-corrected chi connectivity index (χ1v) is 6.11. The van der Waals surface area contributed by atoms with E-state index in [2.05, 4.69) is 20.9 Å². The number of nitrogens with zero attached hydrogens (tertiary/aromatic N) is 2. The van der Waals surface area contributed by atoms with Crippen molar-refractivity contribution in [2.75, 3.05) is 19.0 Å². The second-order valence-corrected chi connectivity index (χ2v) is 4.52. The maximum atomic E-state index is 12.3. The first-order valence-electron chi connectivity index (χ1n) is 4.78. The standard InChI is InChI=1S/C10H10BrClF2N2O/c11-8-3-7(4-15-5-8)10(17)16(2-1-12)6-9(13)14/h3-5,9H,1-2,6H2. The van der Waals surface area contributed by atoms with Gasteiger partial charge in [0.15, 0.2) is 0 Å². The Morgan fingerprint density at radius 2 is 2.24 bits per heavy atom. The monoisotopic (exact) mass is 326 g/mol. The van der Waals surface area contributed by atoms with Gasteiger partial charge in [-0.05, 0) is 22.0 Å². The Balaban J connectivity index is 2.83. The van der Waals surface area contributed by atoms with Crippen LogP contribution in [0.1, 0.15) is 10.4 Å². The molecule has 0 aliphatic rings. The largest absolute Gasteiger partial charge is 0.332 e. The summed E-state index contributed by atoms with van der Waals surface area (Å²) in [7, 11) is 0. The lowest BCUT2D eigenvalue weighted by molar-refractivity contribution is 0.0570. The number of hydrogen-bond donors (Lipinski definition) is 0. The zero-order chi connectivity index (χ0) is 12.8. The quantitative estimate of drug-likeness (QED) is 0.779. The number of halogens is 4. The SMILES string of the molecule is O=C(c1cncc(Br)c1)N(CCCl)CC(F)F. The van der Waals surface area contributed by atoms with Gasteiger partial charge in [0.05, 0.1) is 12.1 Å². The summed E-state index contributed by atoms with van der Waals surface area (Å²) in [6.45, 7) is -0.546. The van der Waals surface area contributed by atoms with Crippen molar-refractivity contribution in [2.24, 2.45) is 0 Å². The van der Waals surface area contributed by atoms with Crippen LogP contribution in [-0.4, -0.2) is 41.2 Å². The van der Waals surface area contributed by atoms with Crippen LogP contribution in [0.15, 0.2) is 22.9 Å². The normalized spacial score (nSPS) is 10.6. The van der Waals surface area contributed by atoms with Crippen molar-refractivity contribution in [3.05, 3.63) is 28.5 Å². The van der Waals surface area contributed by atoms with E-state index in [4.69, 9.17) is 11.6 Å². The minimum Gasteiger partial charge on any atom is -0.332 e. The van der Waals surface area contributed by atoms with E-state index in [-0.39, 0.29) is 18.0 Å². The van der Waals surface area contributed by atoms with Crippen LogP contribution in [0.25, 0.3) is 0 Å².